The van der Waals surface area contributed by atoms with Crippen LogP contribution in [0.3, 0.4) is 0 Å². The lowest BCUT2D eigenvalue weighted by atomic mass is 10.1. The van der Waals surface area contributed by atoms with Crippen LogP contribution < -0.4 is 0 Å². The molecule has 0 radical (unpaired) electrons. The van der Waals surface area contributed by atoms with E-state index in [0.29, 0.717) is 24.6 Å². The van der Waals surface area contributed by atoms with E-state index in [1.807, 2.05) is 56.3 Å². The number of hydrogen-bond donors (Lipinski definition) is 0. The van der Waals surface area contributed by atoms with Gasteiger partial charge in [0.15, 0.2) is 0 Å². The molecule has 3 rings (SSSR count). The van der Waals surface area contributed by atoms with Crippen molar-refractivity contribution in [2.24, 2.45) is 0 Å². The molecule has 6 heteroatoms. The van der Waals surface area contributed by atoms with Crippen LogP contribution in [0.4, 0.5) is 0 Å². The van der Waals surface area contributed by atoms with Gasteiger partial charge in [0.25, 0.3) is 0 Å². The largest absolute Gasteiger partial charge is 0.373 e. The highest BCUT2D eigenvalue weighted by atomic mass is 79.9. The number of hydrogen-bond acceptors (Lipinski definition) is 3. The number of aryl methyl sites for hydroxylation is 1. The van der Waals surface area contributed by atoms with Gasteiger partial charge in [0.2, 0.25) is 10.0 Å². The molecule has 0 saturated carbocycles. The van der Waals surface area contributed by atoms with E-state index in [1.54, 1.807) is 12.1 Å². The zero-order valence-electron chi connectivity index (χ0n) is 14.9. The Morgan fingerprint density at radius 3 is 2.42 bits per heavy atom. The van der Waals surface area contributed by atoms with Gasteiger partial charge in [0, 0.05) is 24.2 Å². The molecule has 1 heterocycles. The first-order valence-corrected chi connectivity index (χ1v) is 10.8. The van der Waals surface area contributed by atoms with Crippen molar-refractivity contribution in [1.29, 1.82) is 0 Å². The quantitative estimate of drug-likeness (QED) is 0.706. The minimum atomic E-state index is -3.56. The Kier molecular flexibility index (Phi) is 5.97. The number of nitrogens with zero attached hydrogens (tertiary/aromatic N) is 1. The smallest absolute Gasteiger partial charge is 0.243 e. The monoisotopic (exact) mass is 435 g/mol. The molecule has 0 spiro atoms. The summed E-state index contributed by atoms with van der Waals surface area (Å²) in [7, 11) is -3.56. The SMILES string of the molecule is CCOC1CN(S(=O)(=O)c2ccc(C)cc2)C/C1=C(\Br)c1ccccc1. The van der Waals surface area contributed by atoms with Crippen LogP contribution >= 0.6 is 15.9 Å². The van der Waals surface area contributed by atoms with Gasteiger partial charge in [-0.05, 0) is 37.1 Å². The first-order chi connectivity index (χ1) is 12.4. The number of sulfonamides is 1. The molecule has 1 saturated heterocycles. The highest BCUT2D eigenvalue weighted by molar-refractivity contribution is 9.15. The summed E-state index contributed by atoms with van der Waals surface area (Å²) in [5.41, 5.74) is 3.00. The maximum atomic E-state index is 13.0. The van der Waals surface area contributed by atoms with E-state index in [0.717, 1.165) is 21.2 Å². The van der Waals surface area contributed by atoms with Gasteiger partial charge in [0.1, 0.15) is 0 Å². The van der Waals surface area contributed by atoms with Crippen molar-refractivity contribution in [2.45, 2.75) is 24.8 Å². The molecular formula is C20H22BrNO3S. The molecule has 26 heavy (non-hydrogen) atoms. The average Bonchev–Trinajstić information content (AvgIpc) is 3.07. The second kappa shape index (κ2) is 8.05. The van der Waals surface area contributed by atoms with Crippen molar-refractivity contribution in [2.75, 3.05) is 19.7 Å². The molecule has 1 atom stereocenters. The van der Waals surface area contributed by atoms with E-state index in [9.17, 15) is 8.42 Å². The standard InChI is InChI=1S/C20H22BrNO3S/c1-3-25-19-14-22(26(23,24)17-11-9-15(2)10-12-17)13-18(19)20(21)16-7-5-4-6-8-16/h4-12,19H,3,13-14H2,1-2H3/b20-18+. The molecule has 1 unspecified atom stereocenters. The van der Waals surface area contributed by atoms with Crippen LogP contribution in [-0.4, -0.2) is 38.5 Å². The van der Waals surface area contributed by atoms with Gasteiger partial charge in [-0.15, -0.1) is 0 Å². The third-order valence-corrected chi connectivity index (χ3v) is 7.23. The summed E-state index contributed by atoms with van der Waals surface area (Å²) in [6.45, 7) is 5.03. The number of rotatable bonds is 5. The van der Waals surface area contributed by atoms with Crippen LogP contribution in [-0.2, 0) is 14.8 Å². The van der Waals surface area contributed by atoms with Crippen LogP contribution in [0.25, 0.3) is 4.48 Å². The maximum Gasteiger partial charge on any atom is 0.243 e. The fraction of sp³-hybridized carbons (Fsp3) is 0.300. The first-order valence-electron chi connectivity index (χ1n) is 8.56. The van der Waals surface area contributed by atoms with Crippen LogP contribution in [0, 0.1) is 6.92 Å². The van der Waals surface area contributed by atoms with Crippen LogP contribution in [0.5, 0.6) is 0 Å². The molecule has 138 valence electrons. The van der Waals surface area contributed by atoms with E-state index in [-0.39, 0.29) is 6.10 Å². The number of ether oxygens (including phenoxy) is 1. The fourth-order valence-corrected chi connectivity index (χ4v) is 5.09. The molecule has 1 fully saturated rings. The van der Waals surface area contributed by atoms with Gasteiger partial charge in [-0.2, -0.15) is 4.31 Å². The number of benzene rings is 2. The normalized spacial score (nSPS) is 20.3. The Hall–Kier alpha value is -1.47. The molecule has 0 bridgehead atoms. The second-order valence-corrected chi connectivity index (χ2v) is 8.99. The van der Waals surface area contributed by atoms with Crippen LogP contribution in [0.2, 0.25) is 0 Å². The minimum Gasteiger partial charge on any atom is -0.373 e. The van der Waals surface area contributed by atoms with Gasteiger partial charge < -0.3 is 4.74 Å². The Morgan fingerprint density at radius 2 is 1.81 bits per heavy atom. The van der Waals surface area contributed by atoms with Crippen molar-refractivity contribution in [3.63, 3.8) is 0 Å². The molecule has 0 N–H and O–H groups in total. The molecule has 2 aromatic rings. The zero-order valence-corrected chi connectivity index (χ0v) is 17.3. The Labute approximate surface area is 163 Å². The fourth-order valence-electron chi connectivity index (χ4n) is 3.03. The van der Waals surface area contributed by atoms with E-state index in [1.165, 1.54) is 4.31 Å². The molecule has 1 aliphatic rings. The summed E-state index contributed by atoms with van der Waals surface area (Å²) < 4.78 is 34.3. The summed E-state index contributed by atoms with van der Waals surface area (Å²) >= 11 is 3.66. The van der Waals surface area contributed by atoms with E-state index in [4.69, 9.17) is 4.74 Å². The Bertz CT molecular complexity index is 892. The zero-order chi connectivity index (χ0) is 18.7. The van der Waals surface area contributed by atoms with E-state index < -0.39 is 10.0 Å². The van der Waals surface area contributed by atoms with Gasteiger partial charge >= 0.3 is 0 Å². The van der Waals surface area contributed by atoms with Gasteiger partial charge in [-0.3, -0.25) is 0 Å². The minimum absolute atomic E-state index is 0.255. The van der Waals surface area contributed by atoms with Crippen molar-refractivity contribution < 1.29 is 13.2 Å². The predicted molar refractivity (Wildman–Crippen MR) is 108 cm³/mol. The average molecular weight is 436 g/mol. The van der Waals surface area contributed by atoms with Crippen molar-refractivity contribution in [1.82, 2.24) is 4.31 Å². The lowest BCUT2D eigenvalue weighted by Gasteiger charge is -2.16. The number of halogens is 1. The van der Waals surface area contributed by atoms with E-state index in [2.05, 4.69) is 15.9 Å². The summed E-state index contributed by atoms with van der Waals surface area (Å²) in [6, 6.07) is 16.8. The van der Waals surface area contributed by atoms with Crippen LogP contribution in [0.15, 0.2) is 65.1 Å². The summed E-state index contributed by atoms with van der Waals surface area (Å²) in [5.74, 6) is 0. The molecule has 1 aliphatic heterocycles. The molecule has 4 nitrogen and oxygen atoms in total. The maximum absolute atomic E-state index is 13.0. The summed E-state index contributed by atoms with van der Waals surface area (Å²) in [5, 5.41) is 0. The predicted octanol–water partition coefficient (Wildman–Crippen LogP) is 4.21. The third-order valence-electron chi connectivity index (χ3n) is 4.44. The van der Waals surface area contributed by atoms with Gasteiger partial charge in [-0.25, -0.2) is 8.42 Å². The summed E-state index contributed by atoms with van der Waals surface area (Å²) in [6.07, 6.45) is -0.255. The second-order valence-electron chi connectivity index (χ2n) is 6.26. The molecule has 0 aliphatic carbocycles. The lowest BCUT2D eigenvalue weighted by Crippen LogP contribution is -2.30. The van der Waals surface area contributed by atoms with Gasteiger partial charge in [0.05, 0.1) is 11.0 Å². The van der Waals surface area contributed by atoms with Crippen molar-refractivity contribution >= 4 is 30.4 Å². The Balaban J connectivity index is 1.96. The first kappa shape index (κ1) is 19.3. The van der Waals surface area contributed by atoms with Gasteiger partial charge in [-0.1, -0.05) is 64.0 Å². The summed E-state index contributed by atoms with van der Waals surface area (Å²) in [4.78, 5) is 0.315. The van der Waals surface area contributed by atoms with Crippen molar-refractivity contribution in [3.05, 3.63) is 71.3 Å². The Morgan fingerprint density at radius 1 is 1.15 bits per heavy atom. The molecule has 0 amide bonds. The molecular weight excluding hydrogens is 414 g/mol. The lowest BCUT2D eigenvalue weighted by molar-refractivity contribution is 0.0953. The van der Waals surface area contributed by atoms with E-state index >= 15 is 0 Å². The topological polar surface area (TPSA) is 46.6 Å². The highest BCUT2D eigenvalue weighted by Crippen LogP contribution is 2.34. The van der Waals surface area contributed by atoms with Crippen LogP contribution in [0.1, 0.15) is 18.1 Å². The highest BCUT2D eigenvalue weighted by Gasteiger charge is 2.37. The third kappa shape index (κ3) is 3.93. The van der Waals surface area contributed by atoms with Crippen molar-refractivity contribution in [3.8, 4) is 0 Å². The molecule has 0 aromatic heterocycles. The molecule has 2 aromatic carbocycles.